The van der Waals surface area contributed by atoms with Gasteiger partial charge in [-0.1, -0.05) is 0 Å². The molecule has 0 radical (unpaired) electrons. The molecule has 0 amide bonds. The van der Waals surface area contributed by atoms with Crippen molar-refractivity contribution in [2.75, 3.05) is 49.2 Å². The molecule has 2 saturated heterocycles. The second-order valence-electron chi connectivity index (χ2n) is 6.72. The maximum atomic E-state index is 5.43. The van der Waals surface area contributed by atoms with Gasteiger partial charge in [0.25, 0.3) is 0 Å². The van der Waals surface area contributed by atoms with Crippen molar-refractivity contribution in [2.45, 2.75) is 25.4 Å². The van der Waals surface area contributed by atoms with Gasteiger partial charge < -0.3 is 24.8 Å². The van der Waals surface area contributed by atoms with E-state index in [1.807, 2.05) is 12.4 Å². The molecule has 4 rings (SSSR count). The molecule has 7 nitrogen and oxygen atoms in total. The summed E-state index contributed by atoms with van der Waals surface area (Å²) in [6, 6.07) is 4.73. The predicted octanol–water partition coefficient (Wildman–Crippen LogP) is 1.40. The summed E-state index contributed by atoms with van der Waals surface area (Å²) in [5.41, 5.74) is 1.30. The van der Waals surface area contributed by atoms with E-state index in [9.17, 15) is 0 Å². The molecule has 2 aromatic heterocycles. The number of morpholine rings is 1. The fraction of sp³-hybridized carbons (Fsp3) is 0.556. The Hall–Kier alpha value is -2.12. The van der Waals surface area contributed by atoms with Gasteiger partial charge in [-0.2, -0.15) is 0 Å². The molecular formula is C18H26N6O. The highest BCUT2D eigenvalue weighted by molar-refractivity contribution is 5.50. The first-order valence-corrected chi connectivity index (χ1v) is 9.13. The number of rotatable bonds is 5. The molecule has 4 heterocycles. The monoisotopic (exact) mass is 342 g/mol. The Morgan fingerprint density at radius 3 is 2.80 bits per heavy atom. The molecule has 1 atom stereocenters. The molecule has 0 aromatic carbocycles. The van der Waals surface area contributed by atoms with Crippen molar-refractivity contribution < 1.29 is 4.74 Å². The molecule has 0 saturated carbocycles. The van der Waals surface area contributed by atoms with Gasteiger partial charge in [-0.25, -0.2) is 9.97 Å². The van der Waals surface area contributed by atoms with Crippen LogP contribution in [0.4, 0.5) is 11.6 Å². The van der Waals surface area contributed by atoms with E-state index in [1.165, 1.54) is 18.4 Å². The van der Waals surface area contributed by atoms with E-state index in [0.29, 0.717) is 6.04 Å². The number of anilines is 2. The standard InChI is InChI=1S/C18H26N6O/c1-2-16(20-12-15-3-4-19-11-15)13-24(5-1)18-10-17(21-14-22-18)23-6-8-25-9-7-23/h3-4,10-11,14,16,19-20H,1-2,5-9,12-13H2. The molecule has 2 aliphatic rings. The molecular weight excluding hydrogens is 316 g/mol. The average Bonchev–Trinajstić information content (AvgIpc) is 3.21. The van der Waals surface area contributed by atoms with Crippen LogP contribution in [0.25, 0.3) is 0 Å². The molecule has 25 heavy (non-hydrogen) atoms. The molecule has 7 heteroatoms. The van der Waals surface area contributed by atoms with Crippen LogP contribution in [-0.2, 0) is 11.3 Å². The summed E-state index contributed by atoms with van der Waals surface area (Å²) in [7, 11) is 0. The van der Waals surface area contributed by atoms with E-state index in [0.717, 1.165) is 57.6 Å². The number of ether oxygens (including phenoxy) is 1. The van der Waals surface area contributed by atoms with Crippen molar-refractivity contribution >= 4 is 11.6 Å². The Morgan fingerprint density at radius 2 is 2.00 bits per heavy atom. The maximum Gasteiger partial charge on any atom is 0.134 e. The SMILES string of the molecule is c1nc(N2CCOCC2)cc(N2CCCC(NCc3cc[nH]c3)C2)n1. The minimum Gasteiger partial charge on any atom is -0.378 e. The molecule has 2 N–H and O–H groups in total. The van der Waals surface area contributed by atoms with E-state index in [-0.39, 0.29) is 0 Å². The molecule has 0 aliphatic carbocycles. The van der Waals surface area contributed by atoms with Gasteiger partial charge in [-0.3, -0.25) is 0 Å². The fourth-order valence-corrected chi connectivity index (χ4v) is 3.56. The zero-order valence-electron chi connectivity index (χ0n) is 14.5. The number of H-pyrrole nitrogens is 1. The van der Waals surface area contributed by atoms with Crippen molar-refractivity contribution in [1.29, 1.82) is 0 Å². The maximum absolute atomic E-state index is 5.43. The van der Waals surface area contributed by atoms with Gasteiger partial charge in [-0.05, 0) is 24.5 Å². The zero-order valence-corrected chi connectivity index (χ0v) is 14.5. The topological polar surface area (TPSA) is 69.3 Å². The summed E-state index contributed by atoms with van der Waals surface area (Å²) in [4.78, 5) is 16.8. The summed E-state index contributed by atoms with van der Waals surface area (Å²) < 4.78 is 5.43. The number of hydrogen-bond acceptors (Lipinski definition) is 6. The third-order valence-corrected chi connectivity index (χ3v) is 4.98. The van der Waals surface area contributed by atoms with Crippen LogP contribution < -0.4 is 15.1 Å². The van der Waals surface area contributed by atoms with Crippen molar-refractivity contribution in [2.24, 2.45) is 0 Å². The van der Waals surface area contributed by atoms with Gasteiger partial charge in [0.2, 0.25) is 0 Å². The Kier molecular flexibility index (Phi) is 5.13. The van der Waals surface area contributed by atoms with Crippen LogP contribution >= 0.6 is 0 Å². The molecule has 0 bridgehead atoms. The van der Waals surface area contributed by atoms with Crippen LogP contribution in [0.5, 0.6) is 0 Å². The van der Waals surface area contributed by atoms with Crippen molar-refractivity contribution in [3.63, 3.8) is 0 Å². The van der Waals surface area contributed by atoms with Crippen LogP contribution in [0.3, 0.4) is 0 Å². The Balaban J connectivity index is 1.38. The highest BCUT2D eigenvalue weighted by Crippen LogP contribution is 2.22. The van der Waals surface area contributed by atoms with E-state index >= 15 is 0 Å². The summed E-state index contributed by atoms with van der Waals surface area (Å²) >= 11 is 0. The van der Waals surface area contributed by atoms with Crippen LogP contribution in [0, 0.1) is 0 Å². The number of nitrogens with one attached hydrogen (secondary N) is 2. The number of nitrogens with zero attached hydrogens (tertiary/aromatic N) is 4. The van der Waals surface area contributed by atoms with E-state index in [4.69, 9.17) is 4.74 Å². The second-order valence-corrected chi connectivity index (χ2v) is 6.72. The molecule has 0 spiro atoms. The number of piperidine rings is 1. The number of hydrogen-bond donors (Lipinski definition) is 2. The van der Waals surface area contributed by atoms with Crippen molar-refractivity contribution in [1.82, 2.24) is 20.3 Å². The number of aromatic amines is 1. The minimum absolute atomic E-state index is 0.491. The first-order chi connectivity index (χ1) is 12.4. The highest BCUT2D eigenvalue weighted by Gasteiger charge is 2.22. The van der Waals surface area contributed by atoms with Gasteiger partial charge in [0, 0.05) is 57.2 Å². The van der Waals surface area contributed by atoms with Gasteiger partial charge in [-0.15, -0.1) is 0 Å². The molecule has 134 valence electrons. The third-order valence-electron chi connectivity index (χ3n) is 4.98. The summed E-state index contributed by atoms with van der Waals surface area (Å²) in [5.74, 6) is 2.04. The lowest BCUT2D eigenvalue weighted by Gasteiger charge is -2.35. The van der Waals surface area contributed by atoms with Crippen LogP contribution in [-0.4, -0.2) is 60.4 Å². The lowest BCUT2D eigenvalue weighted by Crippen LogP contribution is -2.46. The van der Waals surface area contributed by atoms with Gasteiger partial charge in [0.1, 0.15) is 18.0 Å². The molecule has 1 unspecified atom stereocenters. The Morgan fingerprint density at radius 1 is 1.16 bits per heavy atom. The molecule has 2 aliphatic heterocycles. The van der Waals surface area contributed by atoms with Crippen LogP contribution in [0.1, 0.15) is 18.4 Å². The van der Waals surface area contributed by atoms with E-state index in [2.05, 4.69) is 42.2 Å². The first kappa shape index (κ1) is 16.4. The summed E-state index contributed by atoms with van der Waals surface area (Å²) in [6.45, 7) is 6.30. The smallest absolute Gasteiger partial charge is 0.134 e. The zero-order chi connectivity index (χ0) is 16.9. The normalized spacial score (nSPS) is 21.5. The first-order valence-electron chi connectivity index (χ1n) is 9.13. The predicted molar refractivity (Wildman–Crippen MR) is 97.9 cm³/mol. The Bertz CT molecular complexity index is 655. The van der Waals surface area contributed by atoms with Gasteiger partial charge in [0.15, 0.2) is 0 Å². The summed E-state index contributed by atoms with van der Waals surface area (Å²) in [5, 5.41) is 3.67. The van der Waals surface area contributed by atoms with E-state index < -0.39 is 0 Å². The number of aromatic nitrogens is 3. The van der Waals surface area contributed by atoms with Gasteiger partial charge >= 0.3 is 0 Å². The quantitative estimate of drug-likeness (QED) is 0.856. The van der Waals surface area contributed by atoms with Crippen molar-refractivity contribution in [3.05, 3.63) is 36.4 Å². The molecule has 2 fully saturated rings. The summed E-state index contributed by atoms with van der Waals surface area (Å²) in [6.07, 6.45) is 8.10. The highest BCUT2D eigenvalue weighted by atomic mass is 16.5. The van der Waals surface area contributed by atoms with Gasteiger partial charge in [0.05, 0.1) is 13.2 Å². The minimum atomic E-state index is 0.491. The fourth-order valence-electron chi connectivity index (χ4n) is 3.56. The molecule has 2 aromatic rings. The van der Waals surface area contributed by atoms with Crippen molar-refractivity contribution in [3.8, 4) is 0 Å². The lowest BCUT2D eigenvalue weighted by atomic mass is 10.1. The van der Waals surface area contributed by atoms with Crippen LogP contribution in [0.2, 0.25) is 0 Å². The largest absolute Gasteiger partial charge is 0.378 e. The van der Waals surface area contributed by atoms with E-state index in [1.54, 1.807) is 6.33 Å². The second kappa shape index (κ2) is 7.84. The average molecular weight is 342 g/mol. The van der Waals surface area contributed by atoms with Crippen LogP contribution in [0.15, 0.2) is 30.9 Å². The Labute approximate surface area is 148 Å². The third kappa shape index (κ3) is 4.11. The lowest BCUT2D eigenvalue weighted by molar-refractivity contribution is 0.122.